The van der Waals surface area contributed by atoms with Gasteiger partial charge in [-0.2, -0.15) is 0 Å². The Bertz CT molecular complexity index is 754. The molecule has 0 aromatic rings. The number of hydrogen-bond acceptors (Lipinski definition) is 15. The van der Waals surface area contributed by atoms with Crippen LogP contribution < -0.4 is 42.5 Å². The molecule has 15 heteroatoms. The van der Waals surface area contributed by atoms with Crippen LogP contribution in [-0.4, -0.2) is 281 Å². The van der Waals surface area contributed by atoms with E-state index in [9.17, 15) is 0 Å². The lowest BCUT2D eigenvalue weighted by Crippen LogP contribution is -2.37. The van der Waals surface area contributed by atoms with E-state index >= 15 is 0 Å². The minimum Gasteiger partial charge on any atom is -0.320 e. The van der Waals surface area contributed by atoms with Crippen molar-refractivity contribution in [3.05, 3.63) is 0 Å². The highest BCUT2D eigenvalue weighted by Gasteiger charge is 2.14. The maximum absolute atomic E-state index is 3.36. The third-order valence-electron chi connectivity index (χ3n) is 13.0. The van der Waals surface area contributed by atoms with Crippen LogP contribution in [0.5, 0.6) is 0 Å². The molecule has 0 atom stereocenters. The van der Waals surface area contributed by atoms with Gasteiger partial charge in [-0.1, -0.05) is 0 Å². The molecule has 15 nitrogen and oxygen atoms in total. The van der Waals surface area contributed by atoms with Crippen LogP contribution in [0.2, 0.25) is 0 Å². The van der Waals surface area contributed by atoms with Crippen LogP contribution in [0.1, 0.15) is 89.9 Å². The van der Waals surface area contributed by atoms with Crippen LogP contribution in [0.4, 0.5) is 0 Å². The quantitative estimate of drug-likeness (QED) is 0.0425. The third kappa shape index (κ3) is 43.4. The average Bonchev–Trinajstić information content (AvgIpc) is 3.31. The maximum atomic E-state index is 3.36. The van der Waals surface area contributed by atoms with Crippen molar-refractivity contribution in [2.75, 3.05) is 247 Å². The zero-order chi connectivity index (χ0) is 48.4. The summed E-state index contributed by atoms with van der Waals surface area (Å²) in [4.78, 5) is 19.1. The van der Waals surface area contributed by atoms with Gasteiger partial charge in [0.15, 0.2) is 0 Å². The van der Waals surface area contributed by atoms with Gasteiger partial charge in [0.2, 0.25) is 0 Å². The van der Waals surface area contributed by atoms with Gasteiger partial charge in [-0.15, -0.1) is 0 Å². The van der Waals surface area contributed by atoms with E-state index in [4.69, 9.17) is 0 Å². The van der Waals surface area contributed by atoms with Gasteiger partial charge in [0.1, 0.15) is 0 Å². The molecular formula is C51H119N15. The van der Waals surface area contributed by atoms with Gasteiger partial charge in [-0.25, -0.2) is 0 Å². The van der Waals surface area contributed by atoms with E-state index in [1.54, 1.807) is 0 Å². The molecule has 0 spiro atoms. The van der Waals surface area contributed by atoms with Crippen molar-refractivity contribution in [3.63, 3.8) is 0 Å². The standard InChI is InChI=1S/C51H119N15/c1-52-24-10-34-61(35-11-25-53-2)44-20-48-65(49-21-45-62(36-12-26-54-3)37-13-27-55-4)42-18-32-60(9)33-19-43-66(50-22-46-63(38-14-28-56-5)39-15-29-57-6)51-23-47-64(40-16-30-58-7)41-17-31-59-8/h52-59H,10-51H2,1-9H3. The first-order chi connectivity index (χ1) is 32.4. The SMILES string of the molecule is CNCCCN(CCCNC)CCCN(CCCN(C)CCCN(CCCN(CCCNC)CCCNC)CCCN(CCCNC)CCCNC)CCCN(CCCNC)CCCNC. The smallest absolute Gasteiger partial charge is 0.000653 e. The van der Waals surface area contributed by atoms with Crippen LogP contribution in [0.25, 0.3) is 0 Å². The van der Waals surface area contributed by atoms with Crippen LogP contribution in [-0.2, 0) is 0 Å². The van der Waals surface area contributed by atoms with Crippen molar-refractivity contribution < 1.29 is 0 Å². The van der Waals surface area contributed by atoms with Gasteiger partial charge in [0, 0.05) is 0 Å². The van der Waals surface area contributed by atoms with Gasteiger partial charge in [0.25, 0.3) is 0 Å². The summed E-state index contributed by atoms with van der Waals surface area (Å²) in [6, 6.07) is 0. The topological polar surface area (TPSA) is 119 Å². The van der Waals surface area contributed by atoms with Crippen molar-refractivity contribution in [1.29, 1.82) is 0 Å². The predicted octanol–water partition coefficient (Wildman–Crippen LogP) is 1.95. The zero-order valence-electron chi connectivity index (χ0n) is 45.8. The predicted molar refractivity (Wildman–Crippen MR) is 292 cm³/mol. The Hall–Kier alpha value is -0.600. The van der Waals surface area contributed by atoms with E-state index in [0.29, 0.717) is 0 Å². The highest BCUT2D eigenvalue weighted by atomic mass is 15.2. The summed E-state index contributed by atoms with van der Waals surface area (Å²) in [5.74, 6) is 0. The van der Waals surface area contributed by atoms with Gasteiger partial charge in [-0.3, -0.25) is 0 Å². The highest BCUT2D eigenvalue weighted by Crippen LogP contribution is 2.07. The first-order valence-electron chi connectivity index (χ1n) is 27.6. The lowest BCUT2D eigenvalue weighted by atomic mass is 10.2. The van der Waals surface area contributed by atoms with Gasteiger partial charge in [-0.05, 0) is 337 Å². The number of nitrogens with zero attached hydrogens (tertiary/aromatic N) is 7. The second-order valence-corrected chi connectivity index (χ2v) is 19.1. The van der Waals surface area contributed by atoms with Gasteiger partial charge >= 0.3 is 0 Å². The highest BCUT2D eigenvalue weighted by molar-refractivity contribution is 4.70. The van der Waals surface area contributed by atoms with E-state index in [2.05, 4.69) is 140 Å². The molecular weight excluding hydrogens is 823 g/mol. The molecule has 0 aromatic carbocycles. The molecule has 0 aliphatic carbocycles. The van der Waals surface area contributed by atoms with E-state index in [-0.39, 0.29) is 0 Å². The first-order valence-corrected chi connectivity index (χ1v) is 27.6. The lowest BCUT2D eigenvalue weighted by molar-refractivity contribution is 0.189. The van der Waals surface area contributed by atoms with Crippen molar-refractivity contribution in [2.24, 2.45) is 0 Å². The Labute approximate surface area is 412 Å². The largest absolute Gasteiger partial charge is 0.320 e. The van der Waals surface area contributed by atoms with Crippen LogP contribution in [0.15, 0.2) is 0 Å². The number of rotatable bonds is 56. The second kappa shape index (κ2) is 52.2. The Kier molecular flexibility index (Phi) is 51.8. The van der Waals surface area contributed by atoms with Gasteiger partial charge < -0.3 is 76.8 Å². The number of nitrogens with one attached hydrogen (secondary N) is 8. The van der Waals surface area contributed by atoms with E-state index in [1.807, 2.05) is 0 Å². The van der Waals surface area contributed by atoms with Crippen molar-refractivity contribution in [2.45, 2.75) is 89.9 Å². The molecule has 0 rings (SSSR count). The van der Waals surface area contributed by atoms with E-state index in [1.165, 1.54) is 221 Å². The normalized spacial score (nSPS) is 12.4. The molecule has 0 unspecified atom stereocenters. The summed E-state index contributed by atoms with van der Waals surface area (Å²) in [6.07, 6.45) is 17.3. The molecule has 0 fully saturated rings. The minimum atomic E-state index is 1.10. The Balaban J connectivity index is 5.52. The molecule has 398 valence electrons. The Morgan fingerprint density at radius 3 is 0.439 bits per heavy atom. The average molecular weight is 943 g/mol. The molecule has 0 bridgehead atoms. The second-order valence-electron chi connectivity index (χ2n) is 19.1. The summed E-state index contributed by atoms with van der Waals surface area (Å²) in [7, 11) is 19.0. The molecule has 66 heavy (non-hydrogen) atoms. The van der Waals surface area contributed by atoms with Crippen LogP contribution >= 0.6 is 0 Å². The zero-order valence-corrected chi connectivity index (χ0v) is 45.8. The molecule has 8 N–H and O–H groups in total. The maximum Gasteiger partial charge on any atom is -0.000653 e. The fourth-order valence-electron chi connectivity index (χ4n) is 9.16. The molecule has 0 aliphatic rings. The Morgan fingerprint density at radius 1 is 0.182 bits per heavy atom. The molecule has 0 aliphatic heterocycles. The Morgan fingerprint density at radius 2 is 0.303 bits per heavy atom. The lowest BCUT2D eigenvalue weighted by Gasteiger charge is -2.29. The van der Waals surface area contributed by atoms with Gasteiger partial charge in [0.05, 0.1) is 0 Å². The van der Waals surface area contributed by atoms with Crippen molar-refractivity contribution in [3.8, 4) is 0 Å². The molecule has 0 radical (unpaired) electrons. The van der Waals surface area contributed by atoms with Crippen LogP contribution in [0, 0.1) is 0 Å². The van der Waals surface area contributed by atoms with E-state index < -0.39 is 0 Å². The molecule has 0 aromatic heterocycles. The van der Waals surface area contributed by atoms with E-state index in [0.717, 1.165) is 52.4 Å². The number of hydrogen-bond donors (Lipinski definition) is 8. The van der Waals surface area contributed by atoms with Crippen molar-refractivity contribution >= 4 is 0 Å². The van der Waals surface area contributed by atoms with Crippen molar-refractivity contribution in [1.82, 2.24) is 76.8 Å². The molecule has 0 amide bonds. The fourth-order valence-corrected chi connectivity index (χ4v) is 9.16. The summed E-state index contributed by atoms with van der Waals surface area (Å²) in [6.45, 7) is 32.7. The first kappa shape index (κ1) is 65.4. The fraction of sp³-hybridized carbons (Fsp3) is 1.00. The summed E-state index contributed by atoms with van der Waals surface area (Å²) in [5, 5.41) is 26.8. The van der Waals surface area contributed by atoms with Crippen LogP contribution in [0.3, 0.4) is 0 Å². The summed E-state index contributed by atoms with van der Waals surface area (Å²) in [5.41, 5.74) is 0. The molecule has 0 saturated heterocycles. The monoisotopic (exact) mass is 942 g/mol. The molecule has 0 heterocycles. The third-order valence-corrected chi connectivity index (χ3v) is 13.0. The minimum absolute atomic E-state index is 1.10. The molecule has 0 saturated carbocycles. The summed E-state index contributed by atoms with van der Waals surface area (Å²) < 4.78 is 0. The summed E-state index contributed by atoms with van der Waals surface area (Å²) >= 11 is 0.